The number of benzene rings is 1. The second kappa shape index (κ2) is 4.50. The Labute approximate surface area is 119 Å². The predicted octanol–water partition coefficient (Wildman–Crippen LogP) is 3.49. The molecule has 0 unspecified atom stereocenters. The molecule has 8 heteroatoms. The van der Waals surface area contributed by atoms with Crippen molar-refractivity contribution in [1.82, 2.24) is 19.6 Å². The van der Waals surface area contributed by atoms with Crippen molar-refractivity contribution in [3.63, 3.8) is 0 Å². The van der Waals surface area contributed by atoms with Crippen molar-refractivity contribution in [2.45, 2.75) is 0 Å². The van der Waals surface area contributed by atoms with Crippen molar-refractivity contribution >= 4 is 33.2 Å². The van der Waals surface area contributed by atoms with E-state index in [0.717, 1.165) is 12.1 Å². The van der Waals surface area contributed by atoms with Gasteiger partial charge in [0.2, 0.25) is 0 Å². The van der Waals surface area contributed by atoms with Gasteiger partial charge in [0, 0.05) is 4.47 Å². The number of halogens is 4. The summed E-state index contributed by atoms with van der Waals surface area (Å²) >= 11 is 8.97. The Hall–Kier alpha value is -1.60. The summed E-state index contributed by atoms with van der Waals surface area (Å²) in [6.45, 7) is 0. The maximum atomic E-state index is 13.9. The lowest BCUT2D eigenvalue weighted by molar-refractivity contribution is 0.585. The smallest absolute Gasteiger partial charge is 0.180 e. The van der Waals surface area contributed by atoms with Crippen LogP contribution in [0, 0.1) is 11.6 Å². The van der Waals surface area contributed by atoms with Gasteiger partial charge in [-0.1, -0.05) is 27.5 Å². The van der Waals surface area contributed by atoms with Crippen LogP contribution in [-0.2, 0) is 0 Å². The molecule has 2 heterocycles. The third-order valence-corrected chi connectivity index (χ3v) is 3.23. The highest BCUT2D eigenvalue weighted by atomic mass is 79.9. The van der Waals surface area contributed by atoms with Gasteiger partial charge in [-0.15, -0.1) is 10.2 Å². The predicted molar refractivity (Wildman–Crippen MR) is 68.8 cm³/mol. The van der Waals surface area contributed by atoms with Crippen LogP contribution in [0.3, 0.4) is 0 Å². The number of fused-ring (bicyclic) bond motifs is 1. The molecule has 0 bridgehead atoms. The molecule has 0 saturated carbocycles. The summed E-state index contributed by atoms with van der Waals surface area (Å²) < 4.78 is 29.5. The summed E-state index contributed by atoms with van der Waals surface area (Å²) in [5, 5.41) is 7.72. The zero-order chi connectivity index (χ0) is 13.6. The minimum absolute atomic E-state index is 0.00935. The zero-order valence-corrected chi connectivity index (χ0v) is 11.5. The topological polar surface area (TPSA) is 43.1 Å². The van der Waals surface area contributed by atoms with Crippen LogP contribution in [0.2, 0.25) is 5.15 Å². The molecule has 0 aliphatic rings. The van der Waals surface area contributed by atoms with Crippen molar-refractivity contribution in [2.75, 3.05) is 0 Å². The van der Waals surface area contributed by atoms with E-state index in [2.05, 4.69) is 31.1 Å². The van der Waals surface area contributed by atoms with Crippen molar-refractivity contribution in [1.29, 1.82) is 0 Å². The van der Waals surface area contributed by atoms with E-state index in [4.69, 9.17) is 11.6 Å². The Morgan fingerprint density at radius 1 is 1.11 bits per heavy atom. The highest BCUT2D eigenvalue weighted by molar-refractivity contribution is 9.10. The van der Waals surface area contributed by atoms with Gasteiger partial charge in [0.25, 0.3) is 0 Å². The van der Waals surface area contributed by atoms with Crippen molar-refractivity contribution < 1.29 is 8.78 Å². The molecule has 3 aromatic rings. The van der Waals surface area contributed by atoms with E-state index in [1.165, 1.54) is 16.8 Å². The first-order valence-corrected chi connectivity index (χ1v) is 6.24. The van der Waals surface area contributed by atoms with Gasteiger partial charge in [0.1, 0.15) is 16.8 Å². The number of hydrogen-bond acceptors (Lipinski definition) is 3. The second-order valence-electron chi connectivity index (χ2n) is 3.69. The molecule has 1 aromatic carbocycles. The average molecular weight is 346 g/mol. The van der Waals surface area contributed by atoms with Crippen LogP contribution in [-0.4, -0.2) is 19.6 Å². The van der Waals surface area contributed by atoms with Gasteiger partial charge in [0.05, 0.1) is 18.0 Å². The molecule has 0 atom stereocenters. The van der Waals surface area contributed by atoms with Crippen LogP contribution in [0.4, 0.5) is 8.78 Å². The molecule has 0 fully saturated rings. The molecule has 0 N–H and O–H groups in total. The summed E-state index contributed by atoms with van der Waals surface area (Å²) in [5.41, 5.74) is 0.0213. The Balaban J connectivity index is 2.37. The first-order valence-electron chi connectivity index (χ1n) is 5.07. The molecule has 2 aromatic heterocycles. The molecule has 0 aliphatic heterocycles. The van der Waals surface area contributed by atoms with Gasteiger partial charge >= 0.3 is 0 Å². The van der Waals surface area contributed by atoms with Crippen LogP contribution in [0.15, 0.2) is 29.0 Å². The van der Waals surface area contributed by atoms with E-state index in [1.807, 2.05) is 0 Å². The van der Waals surface area contributed by atoms with Gasteiger partial charge in [-0.3, -0.25) is 9.38 Å². The van der Waals surface area contributed by atoms with Gasteiger partial charge < -0.3 is 0 Å². The molecule has 0 aliphatic carbocycles. The maximum absolute atomic E-state index is 13.9. The molecular formula is C11H4BrClF2N4. The lowest BCUT2D eigenvalue weighted by atomic mass is 10.2. The monoisotopic (exact) mass is 344 g/mol. The van der Waals surface area contributed by atoms with Gasteiger partial charge in [0.15, 0.2) is 11.5 Å². The Morgan fingerprint density at radius 2 is 1.79 bits per heavy atom. The largest absolute Gasteiger partial charge is 0.262 e. The quantitative estimate of drug-likeness (QED) is 0.678. The molecule has 0 saturated heterocycles. The Bertz CT molecular complexity index is 766. The number of hydrogen-bond donors (Lipinski definition) is 0. The molecular weight excluding hydrogens is 342 g/mol. The highest BCUT2D eigenvalue weighted by Crippen LogP contribution is 2.29. The van der Waals surface area contributed by atoms with E-state index < -0.39 is 11.6 Å². The minimum atomic E-state index is -0.756. The Kier molecular flexibility index (Phi) is 2.94. The second-order valence-corrected chi connectivity index (χ2v) is 4.99. The summed E-state index contributed by atoms with van der Waals surface area (Å²) in [7, 11) is 0. The molecule has 96 valence electrons. The van der Waals surface area contributed by atoms with Crippen molar-refractivity contribution in [3.8, 4) is 11.4 Å². The van der Waals surface area contributed by atoms with E-state index in [-0.39, 0.29) is 16.5 Å². The maximum Gasteiger partial charge on any atom is 0.180 e. The molecule has 4 nitrogen and oxygen atoms in total. The Morgan fingerprint density at radius 3 is 2.47 bits per heavy atom. The van der Waals surface area contributed by atoms with Crippen LogP contribution >= 0.6 is 27.5 Å². The van der Waals surface area contributed by atoms with Gasteiger partial charge in [-0.05, 0) is 12.1 Å². The normalized spacial score (nSPS) is 11.2. The van der Waals surface area contributed by atoms with E-state index in [1.54, 1.807) is 0 Å². The van der Waals surface area contributed by atoms with Crippen LogP contribution in [0.1, 0.15) is 0 Å². The fourth-order valence-electron chi connectivity index (χ4n) is 1.73. The molecule has 3 rings (SSSR count). The highest BCUT2D eigenvalue weighted by Gasteiger charge is 2.19. The third kappa shape index (κ3) is 1.98. The van der Waals surface area contributed by atoms with Gasteiger partial charge in [-0.2, -0.15) is 0 Å². The summed E-state index contributed by atoms with van der Waals surface area (Å²) in [4.78, 5) is 3.83. The standard InChI is InChI=1S/C11H4BrClF2N4/c12-5-1-6(14)10(7(15)2-5)11-18-17-9-4-16-3-8(13)19(9)11/h1-4H. The number of aromatic nitrogens is 4. The van der Waals surface area contributed by atoms with Crippen LogP contribution in [0.25, 0.3) is 17.0 Å². The minimum Gasteiger partial charge on any atom is -0.262 e. The summed E-state index contributed by atoms with van der Waals surface area (Å²) in [6, 6.07) is 2.29. The summed E-state index contributed by atoms with van der Waals surface area (Å²) in [6.07, 6.45) is 2.74. The van der Waals surface area contributed by atoms with E-state index in [0.29, 0.717) is 10.1 Å². The molecule has 0 amide bonds. The van der Waals surface area contributed by atoms with Crippen LogP contribution in [0.5, 0.6) is 0 Å². The molecule has 0 spiro atoms. The first-order chi connectivity index (χ1) is 9.08. The lowest BCUT2D eigenvalue weighted by Crippen LogP contribution is -1.97. The lowest BCUT2D eigenvalue weighted by Gasteiger charge is -2.05. The third-order valence-electron chi connectivity index (χ3n) is 2.50. The number of nitrogens with zero attached hydrogens (tertiary/aromatic N) is 4. The summed E-state index contributed by atoms with van der Waals surface area (Å²) in [5.74, 6) is -1.52. The molecule has 19 heavy (non-hydrogen) atoms. The van der Waals surface area contributed by atoms with Gasteiger partial charge in [-0.25, -0.2) is 8.78 Å². The van der Waals surface area contributed by atoms with Crippen molar-refractivity contribution in [3.05, 3.63) is 45.8 Å². The SMILES string of the molecule is Fc1cc(Br)cc(F)c1-c1nnc2cncc(Cl)n12. The first kappa shape index (κ1) is 12.4. The fraction of sp³-hybridized carbons (Fsp3) is 0. The van der Waals surface area contributed by atoms with E-state index in [9.17, 15) is 8.78 Å². The van der Waals surface area contributed by atoms with Crippen LogP contribution < -0.4 is 0 Å². The van der Waals surface area contributed by atoms with Crippen molar-refractivity contribution in [2.24, 2.45) is 0 Å². The molecule has 0 radical (unpaired) electrons. The van der Waals surface area contributed by atoms with E-state index >= 15 is 0 Å². The average Bonchev–Trinajstić information content (AvgIpc) is 2.73. The zero-order valence-electron chi connectivity index (χ0n) is 9.11. The fourth-order valence-corrected chi connectivity index (χ4v) is 2.36. The number of rotatable bonds is 1.